The predicted octanol–water partition coefficient (Wildman–Crippen LogP) is 2.81. The van der Waals surface area contributed by atoms with Crippen LogP contribution in [0.3, 0.4) is 0 Å². The van der Waals surface area contributed by atoms with Crippen LogP contribution < -0.4 is 0 Å². The van der Waals surface area contributed by atoms with E-state index in [0.29, 0.717) is 18.2 Å². The van der Waals surface area contributed by atoms with Crippen molar-refractivity contribution in [3.05, 3.63) is 30.1 Å². The smallest absolute Gasteiger partial charge is 0.131 e. The molecule has 3 heteroatoms. The third-order valence-corrected chi connectivity index (χ3v) is 3.63. The molecule has 3 nitrogen and oxygen atoms in total. The van der Waals surface area contributed by atoms with Crippen molar-refractivity contribution in [3.63, 3.8) is 0 Å². The summed E-state index contributed by atoms with van der Waals surface area (Å²) in [5.41, 5.74) is 1.24. The summed E-state index contributed by atoms with van der Waals surface area (Å²) >= 11 is 0. The maximum atomic E-state index is 11.4. The first-order valence-corrected chi connectivity index (χ1v) is 6.88. The minimum absolute atomic E-state index is 0.304. The number of hydrogen-bond donors (Lipinski definition) is 0. The van der Waals surface area contributed by atoms with Crippen LogP contribution in [0.15, 0.2) is 24.5 Å². The van der Waals surface area contributed by atoms with Crippen molar-refractivity contribution >= 4 is 5.78 Å². The molecule has 1 saturated heterocycles. The van der Waals surface area contributed by atoms with Crippen LogP contribution in [0.5, 0.6) is 0 Å². The molecule has 18 heavy (non-hydrogen) atoms. The third kappa shape index (κ3) is 3.91. The zero-order valence-electron chi connectivity index (χ0n) is 11.1. The lowest BCUT2D eigenvalue weighted by molar-refractivity contribution is -0.118. The van der Waals surface area contributed by atoms with E-state index in [1.165, 1.54) is 24.8 Å². The quantitative estimate of drug-likeness (QED) is 0.819. The number of aromatic nitrogens is 1. The first-order valence-electron chi connectivity index (χ1n) is 6.88. The minimum Gasteiger partial charge on any atom is -0.300 e. The summed E-state index contributed by atoms with van der Waals surface area (Å²) in [6.45, 7) is 3.73. The van der Waals surface area contributed by atoms with Crippen molar-refractivity contribution in [2.75, 3.05) is 6.54 Å². The van der Waals surface area contributed by atoms with Crippen LogP contribution in [-0.2, 0) is 11.3 Å². The maximum Gasteiger partial charge on any atom is 0.131 e. The van der Waals surface area contributed by atoms with Gasteiger partial charge in [-0.1, -0.05) is 18.9 Å². The highest BCUT2D eigenvalue weighted by atomic mass is 16.1. The second-order valence-corrected chi connectivity index (χ2v) is 5.24. The lowest BCUT2D eigenvalue weighted by atomic mass is 10.0. The van der Waals surface area contributed by atoms with E-state index in [2.05, 4.69) is 16.0 Å². The second kappa shape index (κ2) is 6.64. The molecule has 1 unspecified atom stereocenters. The Balaban J connectivity index is 2.03. The fraction of sp³-hybridized carbons (Fsp3) is 0.600. The van der Waals surface area contributed by atoms with Gasteiger partial charge >= 0.3 is 0 Å². The van der Waals surface area contributed by atoms with Gasteiger partial charge < -0.3 is 0 Å². The lowest BCUT2D eigenvalue weighted by Gasteiger charge is -2.29. The lowest BCUT2D eigenvalue weighted by Crippen LogP contribution is -2.35. The van der Waals surface area contributed by atoms with Gasteiger partial charge in [0, 0.05) is 31.4 Å². The number of likely N-dealkylation sites (tertiary alicyclic amines) is 1. The van der Waals surface area contributed by atoms with E-state index >= 15 is 0 Å². The third-order valence-electron chi connectivity index (χ3n) is 3.63. The Kier molecular flexibility index (Phi) is 4.88. The van der Waals surface area contributed by atoms with E-state index in [4.69, 9.17) is 0 Å². The van der Waals surface area contributed by atoms with Gasteiger partial charge in [-0.15, -0.1) is 0 Å². The van der Waals surface area contributed by atoms with Crippen molar-refractivity contribution in [1.29, 1.82) is 0 Å². The molecule has 98 valence electrons. The van der Waals surface area contributed by atoms with E-state index in [9.17, 15) is 4.79 Å². The molecule has 1 atom stereocenters. The summed E-state index contributed by atoms with van der Waals surface area (Å²) in [4.78, 5) is 18.0. The van der Waals surface area contributed by atoms with Gasteiger partial charge in [0.15, 0.2) is 0 Å². The van der Waals surface area contributed by atoms with Gasteiger partial charge in [0.1, 0.15) is 5.78 Å². The average molecular weight is 246 g/mol. The average Bonchev–Trinajstić information content (AvgIpc) is 2.56. The number of Topliss-reactive ketones (excluding diaryl/α,β-unsaturated/α-hetero) is 1. The fourth-order valence-electron chi connectivity index (χ4n) is 2.73. The summed E-state index contributed by atoms with van der Waals surface area (Å²) in [6, 6.07) is 4.51. The first kappa shape index (κ1) is 13.2. The maximum absolute atomic E-state index is 11.4. The topological polar surface area (TPSA) is 33.2 Å². The minimum atomic E-state index is 0.304. The zero-order chi connectivity index (χ0) is 12.8. The zero-order valence-corrected chi connectivity index (χ0v) is 11.1. The molecule has 2 rings (SSSR count). The van der Waals surface area contributed by atoms with E-state index in [0.717, 1.165) is 19.5 Å². The monoisotopic (exact) mass is 246 g/mol. The number of hydrogen-bond acceptors (Lipinski definition) is 3. The number of pyridine rings is 1. The molecular formula is C15H22N2O. The van der Waals surface area contributed by atoms with Crippen LogP contribution in [0, 0.1) is 0 Å². The Morgan fingerprint density at radius 1 is 1.44 bits per heavy atom. The molecule has 2 heterocycles. The predicted molar refractivity (Wildman–Crippen MR) is 72.2 cm³/mol. The van der Waals surface area contributed by atoms with Crippen LogP contribution in [0.25, 0.3) is 0 Å². The SMILES string of the molecule is CC(=O)CC1CCCCCN1Cc1cccnc1. The van der Waals surface area contributed by atoms with Gasteiger partial charge in [0.2, 0.25) is 0 Å². The molecule has 0 bridgehead atoms. The van der Waals surface area contributed by atoms with Gasteiger partial charge in [-0.25, -0.2) is 0 Å². The molecule has 1 aliphatic rings. The summed E-state index contributed by atoms with van der Waals surface area (Å²) in [5.74, 6) is 0.304. The van der Waals surface area contributed by atoms with E-state index < -0.39 is 0 Å². The Morgan fingerprint density at radius 2 is 2.33 bits per heavy atom. The van der Waals surface area contributed by atoms with Gasteiger partial charge in [0.05, 0.1) is 0 Å². The van der Waals surface area contributed by atoms with Crippen LogP contribution in [-0.4, -0.2) is 28.3 Å². The summed E-state index contributed by atoms with van der Waals surface area (Å²) < 4.78 is 0. The summed E-state index contributed by atoms with van der Waals surface area (Å²) in [6.07, 6.45) is 9.36. The van der Waals surface area contributed by atoms with Crippen molar-refractivity contribution in [3.8, 4) is 0 Å². The van der Waals surface area contributed by atoms with E-state index in [1.807, 2.05) is 12.3 Å². The molecule has 0 spiro atoms. The van der Waals surface area contributed by atoms with E-state index in [1.54, 1.807) is 13.1 Å². The standard InChI is InChI=1S/C15H22N2O/c1-13(18)10-15-7-3-2-4-9-17(15)12-14-6-5-8-16-11-14/h5-6,8,11,15H,2-4,7,9-10,12H2,1H3. The molecule has 0 radical (unpaired) electrons. The number of ketones is 1. The van der Waals surface area contributed by atoms with Crippen molar-refractivity contribution < 1.29 is 4.79 Å². The van der Waals surface area contributed by atoms with Crippen molar-refractivity contribution in [2.24, 2.45) is 0 Å². The molecule has 1 aliphatic heterocycles. The van der Waals surface area contributed by atoms with Gasteiger partial charge in [-0.3, -0.25) is 14.7 Å². The highest BCUT2D eigenvalue weighted by Crippen LogP contribution is 2.21. The number of carbonyl (C=O) groups is 1. The van der Waals surface area contributed by atoms with Crippen molar-refractivity contribution in [2.45, 2.75) is 51.6 Å². The molecule has 0 N–H and O–H groups in total. The first-order chi connectivity index (χ1) is 8.75. The van der Waals surface area contributed by atoms with Crippen molar-refractivity contribution in [1.82, 2.24) is 9.88 Å². The van der Waals surface area contributed by atoms with Crippen LogP contribution in [0.1, 0.15) is 44.6 Å². The van der Waals surface area contributed by atoms with Crippen LogP contribution in [0.2, 0.25) is 0 Å². The highest BCUT2D eigenvalue weighted by Gasteiger charge is 2.22. The van der Waals surface area contributed by atoms with Gasteiger partial charge in [-0.05, 0) is 37.9 Å². The molecular weight excluding hydrogens is 224 g/mol. The Hall–Kier alpha value is -1.22. The number of carbonyl (C=O) groups excluding carboxylic acids is 1. The molecule has 1 aromatic rings. The van der Waals surface area contributed by atoms with Crippen LogP contribution in [0.4, 0.5) is 0 Å². The van der Waals surface area contributed by atoms with E-state index in [-0.39, 0.29) is 0 Å². The van der Waals surface area contributed by atoms with Gasteiger partial charge in [0.25, 0.3) is 0 Å². The molecule has 0 aromatic carbocycles. The molecule has 0 aliphatic carbocycles. The highest BCUT2D eigenvalue weighted by molar-refractivity contribution is 5.76. The Labute approximate surface area is 109 Å². The largest absolute Gasteiger partial charge is 0.300 e. The summed E-state index contributed by atoms with van der Waals surface area (Å²) in [5, 5.41) is 0. The van der Waals surface area contributed by atoms with Crippen LogP contribution >= 0.6 is 0 Å². The molecule has 1 aromatic heterocycles. The normalized spacial score (nSPS) is 21.5. The number of nitrogens with zero attached hydrogens (tertiary/aromatic N) is 2. The summed E-state index contributed by atoms with van der Waals surface area (Å²) in [7, 11) is 0. The number of rotatable bonds is 4. The Bertz CT molecular complexity index is 377. The molecule has 0 saturated carbocycles. The second-order valence-electron chi connectivity index (χ2n) is 5.24. The Morgan fingerprint density at radius 3 is 3.06 bits per heavy atom. The molecule has 1 fully saturated rings. The van der Waals surface area contributed by atoms with Gasteiger partial charge in [-0.2, -0.15) is 0 Å². The fourth-order valence-corrected chi connectivity index (χ4v) is 2.73. The molecule has 0 amide bonds.